The molecule has 21 heavy (non-hydrogen) atoms. The summed E-state index contributed by atoms with van der Waals surface area (Å²) >= 11 is 0. The molecule has 0 heterocycles. The van der Waals surface area contributed by atoms with Gasteiger partial charge in [-0.1, -0.05) is 24.3 Å². The highest BCUT2D eigenvalue weighted by Gasteiger charge is 2.02. The van der Waals surface area contributed by atoms with Crippen molar-refractivity contribution in [3.05, 3.63) is 65.5 Å². The van der Waals surface area contributed by atoms with Crippen LogP contribution in [-0.2, 0) is 23.4 Å². The largest absolute Gasteiger partial charge is 0.489 e. The second-order valence-electron chi connectivity index (χ2n) is 4.43. The number of hydrogen-bond donors (Lipinski definition) is 2. The van der Waals surface area contributed by atoms with Gasteiger partial charge in [0.15, 0.2) is 0 Å². The Hall–Kier alpha value is -1.96. The summed E-state index contributed by atoms with van der Waals surface area (Å²) in [6, 6.07) is 13.0. The molecule has 0 saturated heterocycles. The smallest absolute Gasteiger partial charge is 0.274 e. The van der Waals surface area contributed by atoms with Gasteiger partial charge in [-0.25, -0.2) is 9.53 Å². The van der Waals surface area contributed by atoms with Crippen LogP contribution in [0.3, 0.4) is 0 Å². The van der Waals surface area contributed by atoms with E-state index in [1.807, 2.05) is 0 Å². The van der Waals surface area contributed by atoms with Gasteiger partial charge in [0.2, 0.25) is 0 Å². The minimum atomic E-state index is -3.70. The molecule has 2 rings (SSSR count). The first-order chi connectivity index (χ1) is 9.92. The van der Waals surface area contributed by atoms with Crippen LogP contribution in [0.25, 0.3) is 0 Å². The molecule has 112 valence electrons. The molecule has 2 aromatic carbocycles. The SMILES string of the molecule is NS(=O)(=O)NCc1ccc(OCc2cccc(F)c2)cc1. The Morgan fingerprint density at radius 3 is 2.43 bits per heavy atom. The van der Waals surface area contributed by atoms with Crippen LogP contribution in [0.5, 0.6) is 5.75 Å². The second kappa shape index (κ2) is 6.66. The van der Waals surface area contributed by atoms with Gasteiger partial charge in [0, 0.05) is 6.54 Å². The number of nitrogens with two attached hydrogens (primary N) is 1. The second-order valence-corrected chi connectivity index (χ2v) is 5.81. The molecular formula is C14H15FN2O3S. The van der Waals surface area contributed by atoms with Crippen LogP contribution in [-0.4, -0.2) is 8.42 Å². The predicted molar refractivity (Wildman–Crippen MR) is 77.1 cm³/mol. The lowest BCUT2D eigenvalue weighted by Gasteiger charge is -2.08. The zero-order valence-electron chi connectivity index (χ0n) is 11.1. The van der Waals surface area contributed by atoms with E-state index in [4.69, 9.17) is 9.88 Å². The highest BCUT2D eigenvalue weighted by molar-refractivity contribution is 7.87. The Morgan fingerprint density at radius 2 is 1.81 bits per heavy atom. The van der Waals surface area contributed by atoms with E-state index in [-0.39, 0.29) is 19.0 Å². The first-order valence-electron chi connectivity index (χ1n) is 6.16. The molecule has 0 radical (unpaired) electrons. The molecule has 0 bridgehead atoms. The summed E-state index contributed by atoms with van der Waals surface area (Å²) in [5.41, 5.74) is 1.48. The summed E-state index contributed by atoms with van der Waals surface area (Å²) < 4.78 is 42.3. The summed E-state index contributed by atoms with van der Waals surface area (Å²) in [6.45, 7) is 0.371. The maximum Gasteiger partial charge on any atom is 0.274 e. The molecule has 0 fully saturated rings. The Kier molecular flexibility index (Phi) is 4.89. The van der Waals surface area contributed by atoms with E-state index in [0.717, 1.165) is 11.1 Å². The molecule has 0 aliphatic rings. The number of hydrogen-bond acceptors (Lipinski definition) is 3. The molecule has 0 aliphatic heterocycles. The van der Waals surface area contributed by atoms with Crippen LogP contribution in [0.1, 0.15) is 11.1 Å². The highest BCUT2D eigenvalue weighted by Crippen LogP contribution is 2.14. The van der Waals surface area contributed by atoms with Crippen molar-refractivity contribution in [3.8, 4) is 5.75 Å². The van der Waals surface area contributed by atoms with Gasteiger partial charge in [-0.15, -0.1) is 0 Å². The van der Waals surface area contributed by atoms with E-state index >= 15 is 0 Å². The first-order valence-corrected chi connectivity index (χ1v) is 7.70. The first kappa shape index (κ1) is 15.4. The van der Waals surface area contributed by atoms with Gasteiger partial charge in [-0.05, 0) is 35.4 Å². The van der Waals surface area contributed by atoms with Crippen LogP contribution in [0.4, 0.5) is 4.39 Å². The maximum absolute atomic E-state index is 13.0. The van der Waals surface area contributed by atoms with Gasteiger partial charge >= 0.3 is 0 Å². The maximum atomic E-state index is 13.0. The Balaban J connectivity index is 1.90. The predicted octanol–water partition coefficient (Wildman–Crippen LogP) is 1.70. The topological polar surface area (TPSA) is 81.4 Å². The molecule has 3 N–H and O–H groups in total. The number of nitrogens with one attached hydrogen (secondary N) is 1. The third kappa shape index (κ3) is 5.50. The summed E-state index contributed by atoms with van der Waals surface area (Å²) in [5.74, 6) is 0.305. The fourth-order valence-corrected chi connectivity index (χ4v) is 2.05. The number of rotatable bonds is 6. The average molecular weight is 310 g/mol. The average Bonchev–Trinajstić information content (AvgIpc) is 2.43. The number of halogens is 1. The van der Waals surface area contributed by atoms with Crippen molar-refractivity contribution in [2.45, 2.75) is 13.2 Å². The highest BCUT2D eigenvalue weighted by atomic mass is 32.2. The van der Waals surface area contributed by atoms with Crippen molar-refractivity contribution in [2.75, 3.05) is 0 Å². The fourth-order valence-electron chi connectivity index (χ4n) is 1.68. The summed E-state index contributed by atoms with van der Waals surface area (Å²) in [7, 11) is -3.70. The minimum absolute atomic E-state index is 0.114. The molecule has 2 aromatic rings. The monoisotopic (exact) mass is 310 g/mol. The van der Waals surface area contributed by atoms with Gasteiger partial charge in [0.05, 0.1) is 0 Å². The van der Waals surface area contributed by atoms with E-state index in [1.54, 1.807) is 36.4 Å². The van der Waals surface area contributed by atoms with Gasteiger partial charge in [0.25, 0.3) is 10.2 Å². The molecular weight excluding hydrogens is 295 g/mol. The Morgan fingerprint density at radius 1 is 1.10 bits per heavy atom. The standard InChI is InChI=1S/C14H15FN2O3S/c15-13-3-1-2-12(8-13)10-20-14-6-4-11(5-7-14)9-17-21(16,18)19/h1-8,17H,9-10H2,(H2,16,18,19). The third-order valence-electron chi connectivity index (χ3n) is 2.70. The van der Waals surface area contributed by atoms with Crippen molar-refractivity contribution in [1.29, 1.82) is 0 Å². The minimum Gasteiger partial charge on any atom is -0.489 e. The van der Waals surface area contributed by atoms with Crippen molar-refractivity contribution in [2.24, 2.45) is 5.14 Å². The molecule has 0 spiro atoms. The van der Waals surface area contributed by atoms with Crippen molar-refractivity contribution in [3.63, 3.8) is 0 Å². The number of ether oxygens (including phenoxy) is 1. The fraction of sp³-hybridized carbons (Fsp3) is 0.143. The van der Waals surface area contributed by atoms with Crippen molar-refractivity contribution >= 4 is 10.2 Å². The summed E-state index contributed by atoms with van der Waals surface area (Å²) in [5, 5.41) is 4.84. The molecule has 0 aliphatic carbocycles. The van der Waals surface area contributed by atoms with Gasteiger partial charge in [-0.3, -0.25) is 0 Å². The van der Waals surface area contributed by atoms with Crippen LogP contribution in [0, 0.1) is 5.82 Å². The van der Waals surface area contributed by atoms with E-state index in [1.165, 1.54) is 12.1 Å². The van der Waals surface area contributed by atoms with Crippen LogP contribution in [0.15, 0.2) is 48.5 Å². The lowest BCUT2D eigenvalue weighted by Crippen LogP contribution is -2.30. The Bertz CT molecular complexity index is 702. The zero-order chi connectivity index (χ0) is 15.3. The normalized spacial score (nSPS) is 11.3. The van der Waals surface area contributed by atoms with E-state index in [0.29, 0.717) is 5.75 Å². The lowest BCUT2D eigenvalue weighted by molar-refractivity contribution is 0.305. The van der Waals surface area contributed by atoms with Crippen LogP contribution in [0.2, 0.25) is 0 Å². The van der Waals surface area contributed by atoms with E-state index in [2.05, 4.69) is 4.72 Å². The molecule has 0 amide bonds. The molecule has 7 heteroatoms. The molecule has 0 unspecified atom stereocenters. The number of benzene rings is 2. The summed E-state index contributed by atoms with van der Waals surface area (Å²) in [6.07, 6.45) is 0. The zero-order valence-corrected chi connectivity index (χ0v) is 11.9. The third-order valence-corrected chi connectivity index (χ3v) is 3.24. The van der Waals surface area contributed by atoms with Gasteiger partial charge < -0.3 is 4.74 Å². The molecule has 5 nitrogen and oxygen atoms in total. The quantitative estimate of drug-likeness (QED) is 0.852. The van der Waals surface area contributed by atoms with Crippen LogP contribution >= 0.6 is 0 Å². The van der Waals surface area contributed by atoms with E-state index in [9.17, 15) is 12.8 Å². The lowest BCUT2D eigenvalue weighted by atomic mass is 10.2. The summed E-state index contributed by atoms with van der Waals surface area (Å²) in [4.78, 5) is 0. The van der Waals surface area contributed by atoms with Crippen molar-refractivity contribution < 1.29 is 17.5 Å². The van der Waals surface area contributed by atoms with Crippen molar-refractivity contribution in [1.82, 2.24) is 4.72 Å². The molecule has 0 saturated carbocycles. The van der Waals surface area contributed by atoms with Gasteiger partial charge in [-0.2, -0.15) is 13.1 Å². The molecule has 0 atom stereocenters. The van der Waals surface area contributed by atoms with Gasteiger partial charge in [0.1, 0.15) is 18.2 Å². The van der Waals surface area contributed by atoms with Crippen LogP contribution < -0.4 is 14.6 Å². The van der Waals surface area contributed by atoms with E-state index < -0.39 is 10.2 Å². The Labute approximate surface area is 122 Å². The molecule has 0 aromatic heterocycles.